The molecule has 0 N–H and O–H groups in total. The molecule has 1 aliphatic heterocycles. The Bertz CT molecular complexity index is 520. The second-order valence-corrected chi connectivity index (χ2v) is 5.97. The van der Waals surface area contributed by atoms with Crippen LogP contribution in [-0.2, 0) is 28.7 Å². The van der Waals surface area contributed by atoms with Crippen molar-refractivity contribution in [1.82, 2.24) is 0 Å². The standard InChI is InChI=1S/C17H22F4O2/c1-3-4-12-6-7-13(15(16(12)18)17(19,20)21)9-23-14-8-5-11(2)22-10-14/h6-7,11,14H,3-5,8-10H2,1-2H3. The summed E-state index contributed by atoms with van der Waals surface area (Å²) in [6.45, 7) is 3.84. The molecule has 0 bridgehead atoms. The fourth-order valence-electron chi connectivity index (χ4n) is 2.75. The summed E-state index contributed by atoms with van der Waals surface area (Å²) in [7, 11) is 0. The summed E-state index contributed by atoms with van der Waals surface area (Å²) in [5, 5.41) is 0. The maximum atomic E-state index is 14.2. The molecule has 2 unspecified atom stereocenters. The van der Waals surface area contributed by atoms with Crippen molar-refractivity contribution in [3.63, 3.8) is 0 Å². The molecule has 2 nitrogen and oxygen atoms in total. The van der Waals surface area contributed by atoms with Crippen LogP contribution in [0.1, 0.15) is 49.8 Å². The van der Waals surface area contributed by atoms with Crippen LogP contribution in [0.25, 0.3) is 0 Å². The molecule has 0 radical (unpaired) electrons. The number of aryl methyl sites for hydroxylation is 1. The first-order valence-electron chi connectivity index (χ1n) is 7.93. The van der Waals surface area contributed by atoms with E-state index in [4.69, 9.17) is 9.47 Å². The van der Waals surface area contributed by atoms with Crippen LogP contribution >= 0.6 is 0 Å². The minimum absolute atomic E-state index is 0.0957. The van der Waals surface area contributed by atoms with Gasteiger partial charge in [0.2, 0.25) is 0 Å². The Morgan fingerprint density at radius 2 is 1.91 bits per heavy atom. The van der Waals surface area contributed by atoms with Gasteiger partial charge in [0.25, 0.3) is 0 Å². The third kappa shape index (κ3) is 4.67. The van der Waals surface area contributed by atoms with Gasteiger partial charge in [-0.1, -0.05) is 25.5 Å². The lowest BCUT2D eigenvalue weighted by Crippen LogP contribution is -2.30. The van der Waals surface area contributed by atoms with Crippen molar-refractivity contribution in [2.45, 2.75) is 64.5 Å². The molecule has 1 heterocycles. The highest BCUT2D eigenvalue weighted by atomic mass is 19.4. The highest BCUT2D eigenvalue weighted by Gasteiger charge is 2.38. The van der Waals surface area contributed by atoms with E-state index in [1.54, 1.807) is 6.92 Å². The summed E-state index contributed by atoms with van der Waals surface area (Å²) < 4.78 is 64.9. The van der Waals surface area contributed by atoms with E-state index in [-0.39, 0.29) is 36.4 Å². The van der Waals surface area contributed by atoms with Crippen LogP contribution < -0.4 is 0 Å². The van der Waals surface area contributed by atoms with E-state index >= 15 is 0 Å². The lowest BCUT2D eigenvalue weighted by molar-refractivity contribution is -0.142. The maximum Gasteiger partial charge on any atom is 0.419 e. The summed E-state index contributed by atoms with van der Waals surface area (Å²) in [5.41, 5.74) is -1.26. The van der Waals surface area contributed by atoms with Crippen molar-refractivity contribution in [3.05, 3.63) is 34.6 Å². The summed E-state index contributed by atoms with van der Waals surface area (Å²) in [5.74, 6) is -1.17. The van der Waals surface area contributed by atoms with Gasteiger partial charge in [0.05, 0.1) is 31.0 Å². The van der Waals surface area contributed by atoms with Crippen molar-refractivity contribution in [1.29, 1.82) is 0 Å². The number of halogens is 4. The van der Waals surface area contributed by atoms with E-state index in [1.807, 2.05) is 6.92 Å². The summed E-state index contributed by atoms with van der Waals surface area (Å²) in [6.07, 6.45) is -2.42. The molecule has 1 aromatic carbocycles. The highest BCUT2D eigenvalue weighted by molar-refractivity contribution is 5.36. The molecule has 6 heteroatoms. The monoisotopic (exact) mass is 334 g/mol. The largest absolute Gasteiger partial charge is 0.419 e. The maximum absolute atomic E-state index is 14.2. The number of hydrogen-bond donors (Lipinski definition) is 0. The molecular weight excluding hydrogens is 312 g/mol. The van der Waals surface area contributed by atoms with Crippen molar-refractivity contribution >= 4 is 0 Å². The number of benzene rings is 1. The molecule has 1 fully saturated rings. The number of hydrogen-bond acceptors (Lipinski definition) is 2. The lowest BCUT2D eigenvalue weighted by atomic mass is 10.00. The van der Waals surface area contributed by atoms with Crippen molar-refractivity contribution in [2.24, 2.45) is 0 Å². The first kappa shape index (κ1) is 18.2. The van der Waals surface area contributed by atoms with E-state index in [1.165, 1.54) is 12.1 Å². The molecule has 0 saturated carbocycles. The lowest BCUT2D eigenvalue weighted by Gasteiger charge is -2.27. The molecule has 2 atom stereocenters. The summed E-state index contributed by atoms with van der Waals surface area (Å²) >= 11 is 0. The number of rotatable bonds is 5. The van der Waals surface area contributed by atoms with E-state index in [0.717, 1.165) is 12.8 Å². The molecule has 1 aliphatic rings. The Balaban J connectivity index is 2.16. The molecule has 1 saturated heterocycles. The summed E-state index contributed by atoms with van der Waals surface area (Å²) in [4.78, 5) is 0. The zero-order valence-corrected chi connectivity index (χ0v) is 13.4. The van der Waals surface area contributed by atoms with Crippen LogP contribution in [0.4, 0.5) is 17.6 Å². The van der Waals surface area contributed by atoms with Gasteiger partial charge in [0.15, 0.2) is 0 Å². The van der Waals surface area contributed by atoms with E-state index in [2.05, 4.69) is 0 Å². The summed E-state index contributed by atoms with van der Waals surface area (Å²) in [6, 6.07) is 2.75. The van der Waals surface area contributed by atoms with Gasteiger partial charge >= 0.3 is 6.18 Å². The molecule has 23 heavy (non-hydrogen) atoms. The molecule has 0 aromatic heterocycles. The predicted octanol–water partition coefficient (Wildman–Crippen LogP) is 4.88. The van der Waals surface area contributed by atoms with Crippen molar-refractivity contribution < 1.29 is 27.0 Å². The Kier molecular flexibility index (Phi) is 6.03. The minimum atomic E-state index is -4.73. The Morgan fingerprint density at radius 3 is 2.48 bits per heavy atom. The van der Waals surface area contributed by atoms with Crippen molar-refractivity contribution in [2.75, 3.05) is 6.61 Å². The van der Waals surface area contributed by atoms with Gasteiger partial charge in [0, 0.05) is 0 Å². The Labute approximate surface area is 133 Å². The van der Waals surface area contributed by atoms with Gasteiger partial charge < -0.3 is 9.47 Å². The molecule has 1 aromatic rings. The Morgan fingerprint density at radius 1 is 1.22 bits per heavy atom. The van der Waals surface area contributed by atoms with Gasteiger partial charge in [-0.3, -0.25) is 0 Å². The second kappa shape index (κ2) is 7.62. The van der Waals surface area contributed by atoms with Gasteiger partial charge in [-0.05, 0) is 37.3 Å². The smallest absolute Gasteiger partial charge is 0.376 e. The predicted molar refractivity (Wildman–Crippen MR) is 78.6 cm³/mol. The van der Waals surface area contributed by atoms with Crippen LogP contribution in [-0.4, -0.2) is 18.8 Å². The molecule has 0 aliphatic carbocycles. The third-order valence-electron chi connectivity index (χ3n) is 4.05. The fraction of sp³-hybridized carbons (Fsp3) is 0.647. The minimum Gasteiger partial charge on any atom is -0.376 e. The quantitative estimate of drug-likeness (QED) is 0.715. The van der Waals surface area contributed by atoms with Crippen LogP contribution in [0.15, 0.2) is 12.1 Å². The zero-order chi connectivity index (χ0) is 17.0. The van der Waals surface area contributed by atoms with Gasteiger partial charge in [-0.15, -0.1) is 0 Å². The SMILES string of the molecule is CCCc1ccc(COC2CCC(C)OC2)c(C(F)(F)F)c1F. The highest BCUT2D eigenvalue weighted by Crippen LogP contribution is 2.36. The first-order chi connectivity index (χ1) is 10.8. The third-order valence-corrected chi connectivity index (χ3v) is 4.05. The molecule has 130 valence electrons. The number of alkyl halides is 3. The second-order valence-electron chi connectivity index (χ2n) is 5.97. The molecule has 0 amide bonds. The van der Waals surface area contributed by atoms with E-state index < -0.39 is 17.6 Å². The fourth-order valence-corrected chi connectivity index (χ4v) is 2.75. The average Bonchev–Trinajstić information content (AvgIpc) is 2.48. The zero-order valence-electron chi connectivity index (χ0n) is 13.4. The first-order valence-corrected chi connectivity index (χ1v) is 7.93. The van der Waals surface area contributed by atoms with Crippen LogP contribution in [0, 0.1) is 5.82 Å². The average molecular weight is 334 g/mol. The van der Waals surface area contributed by atoms with E-state index in [0.29, 0.717) is 13.0 Å². The van der Waals surface area contributed by atoms with Crippen LogP contribution in [0.3, 0.4) is 0 Å². The van der Waals surface area contributed by atoms with Crippen LogP contribution in [0.5, 0.6) is 0 Å². The Hall–Kier alpha value is -1.14. The van der Waals surface area contributed by atoms with E-state index in [9.17, 15) is 17.6 Å². The molecular formula is C17H22F4O2. The number of ether oxygens (including phenoxy) is 2. The van der Waals surface area contributed by atoms with Crippen LogP contribution in [0.2, 0.25) is 0 Å². The normalized spacial score (nSPS) is 22.3. The van der Waals surface area contributed by atoms with Crippen molar-refractivity contribution in [3.8, 4) is 0 Å². The van der Waals surface area contributed by atoms with Gasteiger partial charge in [0.1, 0.15) is 5.82 Å². The molecule has 0 spiro atoms. The topological polar surface area (TPSA) is 18.5 Å². The van der Waals surface area contributed by atoms with Gasteiger partial charge in [-0.25, -0.2) is 4.39 Å². The van der Waals surface area contributed by atoms with Gasteiger partial charge in [-0.2, -0.15) is 13.2 Å². The molecule has 2 rings (SSSR count).